The van der Waals surface area contributed by atoms with Crippen LogP contribution in [0, 0.1) is 0 Å². The molecule has 0 bridgehead atoms. The van der Waals surface area contributed by atoms with Gasteiger partial charge in [0.25, 0.3) is 5.92 Å². The molecule has 14 heavy (non-hydrogen) atoms. The minimum absolute atomic E-state index is 0.00840. The Morgan fingerprint density at radius 3 is 2.36 bits per heavy atom. The van der Waals surface area contributed by atoms with Crippen molar-refractivity contribution < 1.29 is 18.8 Å². The average molecular weight is 220 g/mol. The lowest BCUT2D eigenvalue weighted by Crippen LogP contribution is -2.30. The number of hydrogen-bond acceptors (Lipinski definition) is 2. The third-order valence-corrected chi connectivity index (χ3v) is 2.09. The van der Waals surface area contributed by atoms with Gasteiger partial charge in [-0.05, 0) is 11.5 Å². The quantitative estimate of drug-likeness (QED) is 0.734. The van der Waals surface area contributed by atoms with Gasteiger partial charge in [-0.15, -0.1) is 0 Å². The molecule has 2 nitrogen and oxygen atoms in total. The molecule has 0 radical (unpaired) electrons. The Morgan fingerprint density at radius 1 is 1.36 bits per heavy atom. The maximum atomic E-state index is 12.9. The Kier molecular flexibility index (Phi) is 3.14. The summed E-state index contributed by atoms with van der Waals surface area (Å²) in [6, 6.07) is 3.47. The van der Waals surface area contributed by atoms with Crippen molar-refractivity contribution in [1.82, 2.24) is 0 Å². The highest BCUT2D eigenvalue weighted by Crippen LogP contribution is 2.31. The smallest absolute Gasteiger partial charge is 0.423 e. The largest absolute Gasteiger partial charge is 0.488 e. The lowest BCUT2D eigenvalue weighted by Gasteiger charge is -2.13. The zero-order chi connectivity index (χ0) is 10.9. The van der Waals surface area contributed by atoms with E-state index in [2.05, 4.69) is 0 Å². The van der Waals surface area contributed by atoms with E-state index >= 15 is 0 Å². The molecule has 76 valence electrons. The SMILES string of the molecule is CC(F)(F)c1cc(B(O)O)ccc1Cl. The first-order valence-corrected chi connectivity index (χ1v) is 4.24. The van der Waals surface area contributed by atoms with Gasteiger partial charge in [0.15, 0.2) is 0 Å². The van der Waals surface area contributed by atoms with E-state index in [1.54, 1.807) is 0 Å². The van der Waals surface area contributed by atoms with Gasteiger partial charge in [0.2, 0.25) is 0 Å². The molecular weight excluding hydrogens is 212 g/mol. The number of halogens is 3. The molecule has 1 aromatic carbocycles. The third kappa shape index (κ3) is 2.44. The molecule has 0 aliphatic heterocycles. The van der Waals surface area contributed by atoms with E-state index in [0.29, 0.717) is 6.92 Å². The fraction of sp³-hybridized carbons (Fsp3) is 0.250. The van der Waals surface area contributed by atoms with Gasteiger partial charge in [-0.2, -0.15) is 0 Å². The lowest BCUT2D eigenvalue weighted by molar-refractivity contribution is 0.0177. The normalized spacial score (nSPS) is 11.6. The highest BCUT2D eigenvalue weighted by molar-refractivity contribution is 6.58. The first-order valence-electron chi connectivity index (χ1n) is 3.86. The molecule has 0 spiro atoms. The van der Waals surface area contributed by atoms with Crippen LogP contribution in [0.4, 0.5) is 8.78 Å². The summed E-state index contributed by atoms with van der Waals surface area (Å²) >= 11 is 5.54. The van der Waals surface area contributed by atoms with E-state index in [9.17, 15) is 8.78 Å². The van der Waals surface area contributed by atoms with E-state index in [1.807, 2.05) is 0 Å². The molecule has 0 saturated heterocycles. The van der Waals surface area contributed by atoms with Crippen molar-refractivity contribution in [2.24, 2.45) is 0 Å². The van der Waals surface area contributed by atoms with Crippen LogP contribution in [0.1, 0.15) is 12.5 Å². The van der Waals surface area contributed by atoms with Gasteiger partial charge < -0.3 is 10.0 Å². The Labute approximate surface area is 85.3 Å². The Balaban J connectivity index is 3.22. The number of hydrogen-bond donors (Lipinski definition) is 2. The predicted molar refractivity (Wildman–Crippen MR) is 50.8 cm³/mol. The Morgan fingerprint density at radius 2 is 1.93 bits per heavy atom. The van der Waals surface area contributed by atoms with Crippen molar-refractivity contribution in [2.75, 3.05) is 0 Å². The second-order valence-corrected chi connectivity index (χ2v) is 3.41. The molecule has 0 saturated carbocycles. The highest BCUT2D eigenvalue weighted by Gasteiger charge is 2.28. The zero-order valence-electron chi connectivity index (χ0n) is 7.34. The minimum Gasteiger partial charge on any atom is -0.423 e. The van der Waals surface area contributed by atoms with E-state index in [4.69, 9.17) is 21.6 Å². The first-order chi connectivity index (χ1) is 6.32. The van der Waals surface area contributed by atoms with Gasteiger partial charge in [-0.1, -0.05) is 23.7 Å². The number of benzene rings is 1. The van der Waals surface area contributed by atoms with Crippen LogP contribution in [0.25, 0.3) is 0 Å². The summed E-state index contributed by atoms with van der Waals surface area (Å²) in [6.07, 6.45) is 0. The molecular formula is C8H8BClF2O2. The summed E-state index contributed by atoms with van der Waals surface area (Å²) in [5.41, 5.74) is -0.421. The molecule has 0 atom stereocenters. The van der Waals surface area contributed by atoms with Crippen LogP contribution in [-0.2, 0) is 5.92 Å². The number of alkyl halides is 2. The molecule has 0 unspecified atom stereocenters. The van der Waals surface area contributed by atoms with Crippen LogP contribution >= 0.6 is 11.6 Å². The fourth-order valence-corrected chi connectivity index (χ4v) is 1.32. The van der Waals surface area contributed by atoms with Crippen molar-refractivity contribution in [3.05, 3.63) is 28.8 Å². The summed E-state index contributed by atoms with van der Waals surface area (Å²) in [5, 5.41) is 17.4. The molecule has 1 aromatic rings. The van der Waals surface area contributed by atoms with Crippen molar-refractivity contribution >= 4 is 24.2 Å². The molecule has 0 heterocycles. The standard InChI is InChI=1S/C8H8BClF2O2/c1-8(11,12)6-4-5(9(13)14)2-3-7(6)10/h2-4,13-14H,1H3. The summed E-state index contributed by atoms with van der Waals surface area (Å²) in [4.78, 5) is 0. The molecule has 0 fully saturated rings. The van der Waals surface area contributed by atoms with Crippen LogP contribution in [0.5, 0.6) is 0 Å². The van der Waals surface area contributed by atoms with Crippen molar-refractivity contribution in [2.45, 2.75) is 12.8 Å². The summed E-state index contributed by atoms with van der Waals surface area (Å²) in [5.74, 6) is -3.10. The predicted octanol–water partition coefficient (Wildman–Crippen LogP) is 1.13. The van der Waals surface area contributed by atoms with E-state index < -0.39 is 18.6 Å². The van der Waals surface area contributed by atoms with Crippen LogP contribution in [0.3, 0.4) is 0 Å². The first kappa shape index (κ1) is 11.4. The van der Waals surface area contributed by atoms with Gasteiger partial charge >= 0.3 is 7.12 Å². The van der Waals surface area contributed by atoms with Crippen LogP contribution < -0.4 is 5.46 Å². The molecule has 6 heteroatoms. The van der Waals surface area contributed by atoms with Gasteiger partial charge in [0.1, 0.15) is 0 Å². The Hall–Kier alpha value is -0.645. The van der Waals surface area contributed by atoms with Crippen molar-refractivity contribution in [3.63, 3.8) is 0 Å². The molecule has 0 aliphatic rings. The molecule has 0 aliphatic carbocycles. The number of rotatable bonds is 2. The van der Waals surface area contributed by atoms with Gasteiger partial charge in [-0.3, -0.25) is 0 Å². The Bertz CT molecular complexity index is 339. The zero-order valence-corrected chi connectivity index (χ0v) is 8.09. The third-order valence-electron chi connectivity index (χ3n) is 1.76. The summed E-state index contributed by atoms with van der Waals surface area (Å²) in [7, 11) is -1.77. The van der Waals surface area contributed by atoms with E-state index in [0.717, 1.165) is 6.07 Å². The van der Waals surface area contributed by atoms with Crippen LogP contribution in [0.15, 0.2) is 18.2 Å². The van der Waals surface area contributed by atoms with Gasteiger partial charge in [0.05, 0.1) is 0 Å². The molecule has 1 rings (SSSR count). The molecule has 2 N–H and O–H groups in total. The van der Waals surface area contributed by atoms with Crippen LogP contribution in [-0.4, -0.2) is 17.2 Å². The maximum Gasteiger partial charge on any atom is 0.488 e. The van der Waals surface area contributed by atoms with E-state index in [1.165, 1.54) is 12.1 Å². The summed E-state index contributed by atoms with van der Waals surface area (Å²) in [6.45, 7) is 0.696. The van der Waals surface area contributed by atoms with Crippen molar-refractivity contribution in [1.29, 1.82) is 0 Å². The lowest BCUT2D eigenvalue weighted by atomic mass is 9.79. The van der Waals surface area contributed by atoms with Crippen LogP contribution in [0.2, 0.25) is 5.02 Å². The average Bonchev–Trinajstić information content (AvgIpc) is 2.02. The molecule has 0 aromatic heterocycles. The fourth-order valence-electron chi connectivity index (χ4n) is 1.04. The second kappa shape index (κ2) is 3.84. The monoisotopic (exact) mass is 220 g/mol. The minimum atomic E-state index is -3.10. The highest BCUT2D eigenvalue weighted by atomic mass is 35.5. The van der Waals surface area contributed by atoms with Crippen molar-refractivity contribution in [3.8, 4) is 0 Å². The summed E-state index contributed by atoms with van der Waals surface area (Å²) < 4.78 is 25.8. The topological polar surface area (TPSA) is 40.5 Å². The maximum absolute atomic E-state index is 12.9. The van der Waals surface area contributed by atoms with Gasteiger partial charge in [-0.25, -0.2) is 8.78 Å². The van der Waals surface area contributed by atoms with Gasteiger partial charge in [0, 0.05) is 17.5 Å². The second-order valence-electron chi connectivity index (χ2n) is 3.00. The van der Waals surface area contributed by atoms with E-state index in [-0.39, 0.29) is 10.5 Å². The molecule has 0 amide bonds.